The molecular formula is C48H27N7. The summed E-state index contributed by atoms with van der Waals surface area (Å²) in [4.78, 5) is 15.1. The second kappa shape index (κ2) is 13.7. The van der Waals surface area contributed by atoms with Gasteiger partial charge in [-0.2, -0.15) is 15.8 Å². The van der Waals surface area contributed by atoms with Crippen LogP contribution in [0.5, 0.6) is 0 Å². The lowest BCUT2D eigenvalue weighted by atomic mass is 9.91. The lowest BCUT2D eigenvalue weighted by molar-refractivity contribution is 1.07. The molecule has 7 aromatic carbocycles. The second-order valence-electron chi connectivity index (χ2n) is 13.0. The Bertz CT molecular complexity index is 2900. The number of fused-ring (bicyclic) bond motifs is 3. The highest BCUT2D eigenvalue weighted by atomic mass is 15.0. The smallest absolute Gasteiger partial charge is 0.164 e. The number of aromatic nitrogens is 4. The molecule has 7 nitrogen and oxygen atoms in total. The van der Waals surface area contributed by atoms with Crippen LogP contribution in [0.1, 0.15) is 16.7 Å². The van der Waals surface area contributed by atoms with E-state index in [1.807, 2.05) is 140 Å². The molecule has 0 aliphatic heterocycles. The Morgan fingerprint density at radius 1 is 0.364 bits per heavy atom. The fourth-order valence-corrected chi connectivity index (χ4v) is 7.11. The number of hydrogen-bond donors (Lipinski definition) is 0. The van der Waals surface area contributed by atoms with E-state index in [1.165, 1.54) is 0 Å². The van der Waals surface area contributed by atoms with Gasteiger partial charge in [-0.15, -0.1) is 0 Å². The van der Waals surface area contributed by atoms with Crippen LogP contribution in [0, 0.1) is 34.0 Å². The van der Waals surface area contributed by atoms with E-state index in [0.29, 0.717) is 34.2 Å². The van der Waals surface area contributed by atoms with E-state index in [9.17, 15) is 15.8 Å². The summed E-state index contributed by atoms with van der Waals surface area (Å²) in [5, 5.41) is 31.3. The Morgan fingerprint density at radius 3 is 1.31 bits per heavy atom. The van der Waals surface area contributed by atoms with Crippen LogP contribution >= 0.6 is 0 Å². The van der Waals surface area contributed by atoms with Crippen molar-refractivity contribution in [3.63, 3.8) is 0 Å². The first-order valence-corrected chi connectivity index (χ1v) is 17.6. The summed E-state index contributed by atoms with van der Waals surface area (Å²) < 4.78 is 2.24. The molecule has 0 amide bonds. The van der Waals surface area contributed by atoms with Crippen LogP contribution in [-0.4, -0.2) is 19.5 Å². The Balaban J connectivity index is 1.42. The minimum absolute atomic E-state index is 0.491. The molecule has 55 heavy (non-hydrogen) atoms. The summed E-state index contributed by atoms with van der Waals surface area (Å²) in [6.45, 7) is 0. The van der Waals surface area contributed by atoms with Crippen molar-refractivity contribution in [2.24, 2.45) is 0 Å². The third-order valence-corrected chi connectivity index (χ3v) is 9.74. The van der Waals surface area contributed by atoms with Crippen LogP contribution < -0.4 is 0 Å². The molecular weight excluding hydrogens is 675 g/mol. The highest BCUT2D eigenvalue weighted by Crippen LogP contribution is 2.44. The lowest BCUT2D eigenvalue weighted by Gasteiger charge is -2.21. The zero-order chi connectivity index (χ0) is 37.3. The first-order valence-electron chi connectivity index (χ1n) is 17.6. The summed E-state index contributed by atoms with van der Waals surface area (Å²) in [6, 6.07) is 59.9. The minimum atomic E-state index is 0.491. The van der Waals surface area contributed by atoms with E-state index in [0.717, 1.165) is 66.4 Å². The summed E-state index contributed by atoms with van der Waals surface area (Å²) in [6.07, 6.45) is 0. The highest BCUT2D eigenvalue weighted by Gasteiger charge is 2.23. The maximum absolute atomic E-state index is 9.87. The average Bonchev–Trinajstić information content (AvgIpc) is 3.59. The molecule has 0 spiro atoms. The average molecular weight is 702 g/mol. The number of para-hydroxylation sites is 1. The quantitative estimate of drug-likeness (QED) is 0.170. The fraction of sp³-hybridized carbons (Fsp3) is 0. The van der Waals surface area contributed by atoms with Crippen LogP contribution in [-0.2, 0) is 0 Å². The van der Waals surface area contributed by atoms with Gasteiger partial charge in [-0.25, -0.2) is 15.0 Å². The fourth-order valence-electron chi connectivity index (χ4n) is 7.11. The Kier molecular flexibility index (Phi) is 8.18. The van der Waals surface area contributed by atoms with E-state index >= 15 is 0 Å². The number of rotatable bonds is 6. The van der Waals surface area contributed by atoms with Gasteiger partial charge < -0.3 is 4.57 Å². The van der Waals surface area contributed by atoms with Gasteiger partial charge in [0.2, 0.25) is 0 Å². The Labute approximate surface area is 316 Å². The largest absolute Gasteiger partial charge is 0.308 e. The third kappa shape index (κ3) is 5.93. The molecule has 0 N–H and O–H groups in total. The van der Waals surface area contributed by atoms with Gasteiger partial charge in [0, 0.05) is 38.6 Å². The zero-order valence-electron chi connectivity index (χ0n) is 29.2. The summed E-state index contributed by atoms with van der Waals surface area (Å²) in [7, 11) is 0. The normalized spacial score (nSPS) is 10.9. The summed E-state index contributed by atoms with van der Waals surface area (Å²) >= 11 is 0. The molecule has 0 aliphatic rings. The first-order chi connectivity index (χ1) is 27.1. The molecule has 0 aliphatic carbocycles. The van der Waals surface area contributed by atoms with Gasteiger partial charge in [-0.3, -0.25) is 0 Å². The number of nitrogens with zero attached hydrogens (tertiary/aromatic N) is 7. The monoisotopic (exact) mass is 701 g/mol. The molecule has 7 heteroatoms. The minimum Gasteiger partial charge on any atom is -0.308 e. The molecule has 2 heterocycles. The van der Waals surface area contributed by atoms with E-state index in [-0.39, 0.29) is 0 Å². The van der Waals surface area contributed by atoms with Crippen molar-refractivity contribution in [1.29, 1.82) is 15.8 Å². The summed E-state index contributed by atoms with van der Waals surface area (Å²) in [5.74, 6) is 1.58. The molecule has 2 aromatic heterocycles. The number of nitriles is 3. The lowest BCUT2D eigenvalue weighted by Crippen LogP contribution is -2.04. The van der Waals surface area contributed by atoms with Crippen molar-refractivity contribution in [2.45, 2.75) is 0 Å². The third-order valence-electron chi connectivity index (χ3n) is 9.74. The highest BCUT2D eigenvalue weighted by molar-refractivity contribution is 6.11. The van der Waals surface area contributed by atoms with E-state index in [4.69, 9.17) is 15.0 Å². The molecule has 0 bridgehead atoms. The number of hydrogen-bond acceptors (Lipinski definition) is 6. The zero-order valence-corrected chi connectivity index (χ0v) is 29.2. The second-order valence-corrected chi connectivity index (χ2v) is 13.0. The molecule has 0 radical (unpaired) electrons. The van der Waals surface area contributed by atoms with Gasteiger partial charge >= 0.3 is 0 Å². The van der Waals surface area contributed by atoms with Gasteiger partial charge in [0.05, 0.1) is 51.6 Å². The van der Waals surface area contributed by atoms with Crippen molar-refractivity contribution in [1.82, 2.24) is 19.5 Å². The molecule has 0 unspecified atom stereocenters. The van der Waals surface area contributed by atoms with Crippen LogP contribution in [0.3, 0.4) is 0 Å². The van der Waals surface area contributed by atoms with E-state index in [2.05, 4.69) is 47.0 Å². The van der Waals surface area contributed by atoms with E-state index < -0.39 is 0 Å². The van der Waals surface area contributed by atoms with Gasteiger partial charge in [0.15, 0.2) is 17.5 Å². The molecule has 0 atom stereocenters. The maximum atomic E-state index is 9.87. The SMILES string of the molecule is N#Cc1ccc(-c2cc(-c3nc(-c4ccccc4)nc(-c4ccccc4)n3)cc(-c3ccc(C#N)cc3)c2-n2c3ccccc3c3cc(C#N)ccc32)cc1. The van der Waals surface area contributed by atoms with Crippen molar-refractivity contribution < 1.29 is 0 Å². The van der Waals surface area contributed by atoms with Gasteiger partial charge in [-0.05, 0) is 71.8 Å². The molecule has 254 valence electrons. The maximum Gasteiger partial charge on any atom is 0.164 e. The van der Waals surface area contributed by atoms with Gasteiger partial charge in [0.25, 0.3) is 0 Å². The van der Waals surface area contributed by atoms with Crippen molar-refractivity contribution >= 4 is 21.8 Å². The molecule has 0 saturated carbocycles. The van der Waals surface area contributed by atoms with Crippen LogP contribution in [0.15, 0.2) is 164 Å². The molecule has 9 rings (SSSR count). The molecule has 9 aromatic rings. The topological polar surface area (TPSA) is 115 Å². The Morgan fingerprint density at radius 2 is 0.800 bits per heavy atom. The van der Waals surface area contributed by atoms with Gasteiger partial charge in [0.1, 0.15) is 0 Å². The molecule has 0 saturated heterocycles. The van der Waals surface area contributed by atoms with E-state index in [1.54, 1.807) is 0 Å². The standard InChI is InChI=1S/C48H27N7/c49-28-31-15-20-34(21-16-31)40-26-38(48-53-46(36-9-3-1-4-10-36)52-47(54-48)37-11-5-2-6-12-37)27-41(35-22-17-32(29-50)18-23-35)45(40)55-43-14-8-7-13-39(43)42-25-33(30-51)19-24-44(42)55/h1-27H. The van der Waals surface area contributed by atoms with Crippen molar-refractivity contribution in [3.8, 4) is 80.3 Å². The van der Waals surface area contributed by atoms with Crippen LogP contribution in [0.4, 0.5) is 0 Å². The van der Waals surface area contributed by atoms with Crippen molar-refractivity contribution in [2.75, 3.05) is 0 Å². The first kappa shape index (κ1) is 32.7. The van der Waals surface area contributed by atoms with Crippen LogP contribution in [0.2, 0.25) is 0 Å². The number of benzene rings is 7. The molecule has 0 fully saturated rings. The van der Waals surface area contributed by atoms with Crippen molar-refractivity contribution in [3.05, 3.63) is 180 Å². The Hall–Kier alpha value is -8.18. The van der Waals surface area contributed by atoms with Gasteiger partial charge in [-0.1, -0.05) is 103 Å². The summed E-state index contributed by atoms with van der Waals surface area (Å²) in [5.41, 5.74) is 10.4. The predicted molar refractivity (Wildman–Crippen MR) is 215 cm³/mol. The van der Waals surface area contributed by atoms with Crippen LogP contribution in [0.25, 0.3) is 83.9 Å². The predicted octanol–water partition coefficient (Wildman–Crippen LogP) is 10.9.